The Morgan fingerprint density at radius 1 is 1.11 bits per heavy atom. The van der Waals surface area contributed by atoms with E-state index in [1.807, 2.05) is 45.0 Å². The molecule has 2 aromatic rings. The van der Waals surface area contributed by atoms with E-state index in [0.717, 1.165) is 17.5 Å². The average molecular weight is 386 g/mol. The highest BCUT2D eigenvalue weighted by Gasteiger charge is 2.20. The van der Waals surface area contributed by atoms with Crippen LogP contribution in [0.15, 0.2) is 41.0 Å². The van der Waals surface area contributed by atoms with Gasteiger partial charge in [0.2, 0.25) is 0 Å². The van der Waals surface area contributed by atoms with Crippen LogP contribution in [0.1, 0.15) is 57.0 Å². The number of carbonyl (C=O) groups excluding carboxylic acids is 2. The van der Waals surface area contributed by atoms with Crippen LogP contribution >= 0.6 is 0 Å². The minimum absolute atomic E-state index is 0.167. The largest absolute Gasteiger partial charge is 0.463 e. The van der Waals surface area contributed by atoms with Gasteiger partial charge in [-0.15, -0.1) is 0 Å². The molecule has 0 saturated carbocycles. The van der Waals surface area contributed by atoms with E-state index in [-0.39, 0.29) is 12.5 Å². The normalized spacial score (nSPS) is 11.4. The Labute approximate surface area is 166 Å². The van der Waals surface area contributed by atoms with Crippen molar-refractivity contribution in [2.24, 2.45) is 5.92 Å². The zero-order chi connectivity index (χ0) is 20.7. The molecular weight excluding hydrogens is 356 g/mol. The maximum absolute atomic E-state index is 12.6. The molecule has 0 bridgehead atoms. The van der Waals surface area contributed by atoms with Crippen LogP contribution in [-0.4, -0.2) is 24.1 Å². The van der Waals surface area contributed by atoms with E-state index in [1.165, 1.54) is 6.26 Å². The number of benzene rings is 1. The van der Waals surface area contributed by atoms with Gasteiger partial charge in [0.1, 0.15) is 11.4 Å². The first-order valence-corrected chi connectivity index (χ1v) is 9.58. The molecule has 0 unspecified atom stereocenters. The van der Waals surface area contributed by atoms with Gasteiger partial charge in [0.15, 0.2) is 0 Å². The predicted octanol–water partition coefficient (Wildman–Crippen LogP) is 4.75. The smallest absolute Gasteiger partial charge is 0.407 e. The fourth-order valence-corrected chi connectivity index (χ4v) is 2.64. The number of alkyl carbamates (subject to hydrolysis) is 1. The van der Waals surface area contributed by atoms with Gasteiger partial charge < -0.3 is 19.8 Å². The molecule has 0 aliphatic carbocycles. The summed E-state index contributed by atoms with van der Waals surface area (Å²) in [7, 11) is 0. The minimum Gasteiger partial charge on any atom is -0.463 e. The van der Waals surface area contributed by atoms with E-state index in [4.69, 9.17) is 9.15 Å². The molecule has 1 aromatic carbocycles. The molecule has 0 atom stereocenters. The molecule has 152 valence electrons. The number of carbonyl (C=O) groups is 2. The summed E-state index contributed by atoms with van der Waals surface area (Å²) < 4.78 is 10.9. The second-order valence-corrected chi connectivity index (χ2v) is 8.11. The number of hydrogen-bond acceptors (Lipinski definition) is 4. The average Bonchev–Trinajstić information content (AvgIpc) is 3.08. The number of nitrogens with one attached hydrogen (secondary N) is 2. The van der Waals surface area contributed by atoms with E-state index in [9.17, 15) is 9.59 Å². The highest BCUT2D eigenvalue weighted by molar-refractivity contribution is 5.99. The fourth-order valence-electron chi connectivity index (χ4n) is 2.64. The van der Waals surface area contributed by atoms with Crippen molar-refractivity contribution in [2.75, 3.05) is 6.54 Å². The molecule has 6 heteroatoms. The lowest BCUT2D eigenvalue weighted by atomic mass is 10.0. The highest BCUT2D eigenvalue weighted by Crippen LogP contribution is 2.28. The second kappa shape index (κ2) is 9.44. The molecular formula is C22H30N2O4. The molecule has 6 nitrogen and oxygen atoms in total. The van der Waals surface area contributed by atoms with Crippen LogP contribution in [-0.2, 0) is 11.3 Å². The van der Waals surface area contributed by atoms with Crippen LogP contribution in [0.3, 0.4) is 0 Å². The molecule has 1 heterocycles. The van der Waals surface area contributed by atoms with Crippen molar-refractivity contribution in [1.29, 1.82) is 0 Å². The Kier molecular flexibility index (Phi) is 7.26. The van der Waals surface area contributed by atoms with Crippen LogP contribution in [0.2, 0.25) is 0 Å². The number of ether oxygens (including phenoxy) is 1. The number of amides is 2. The quantitative estimate of drug-likeness (QED) is 0.720. The third-order valence-electron chi connectivity index (χ3n) is 4.00. The van der Waals surface area contributed by atoms with Crippen molar-refractivity contribution in [3.05, 3.63) is 47.7 Å². The summed E-state index contributed by atoms with van der Waals surface area (Å²) in [6.07, 6.45) is 1.92. The first kappa shape index (κ1) is 21.5. The zero-order valence-corrected chi connectivity index (χ0v) is 17.3. The van der Waals surface area contributed by atoms with Gasteiger partial charge in [-0.3, -0.25) is 4.79 Å². The van der Waals surface area contributed by atoms with Crippen molar-refractivity contribution in [3.63, 3.8) is 0 Å². The second-order valence-electron chi connectivity index (χ2n) is 8.11. The van der Waals surface area contributed by atoms with Crippen LogP contribution in [0.25, 0.3) is 11.3 Å². The lowest BCUT2D eigenvalue weighted by Crippen LogP contribution is -2.32. The lowest BCUT2D eigenvalue weighted by molar-refractivity contribution is 0.0523. The van der Waals surface area contributed by atoms with Gasteiger partial charge >= 0.3 is 6.09 Å². The highest BCUT2D eigenvalue weighted by atomic mass is 16.6. The Bertz CT molecular complexity index is 803. The molecule has 0 saturated heterocycles. The lowest BCUT2D eigenvalue weighted by Gasteiger charge is -2.20. The summed E-state index contributed by atoms with van der Waals surface area (Å²) in [6.45, 7) is 10.5. The number of furan rings is 1. The SMILES string of the molecule is CC(C)CCNC(=O)c1ccoc1-c1ccccc1CNC(=O)OC(C)(C)C. The maximum Gasteiger partial charge on any atom is 0.407 e. The van der Waals surface area contributed by atoms with E-state index in [1.54, 1.807) is 6.07 Å². The standard InChI is InChI=1S/C22H30N2O4/c1-15(2)10-12-23-20(25)18-11-13-27-19(18)17-9-7-6-8-16(17)14-24-21(26)28-22(3,4)5/h6-9,11,13,15H,10,12,14H2,1-5H3,(H,23,25)(H,24,26). The summed E-state index contributed by atoms with van der Waals surface area (Å²) in [5, 5.41) is 5.68. The molecule has 0 aliphatic heterocycles. The van der Waals surface area contributed by atoms with Gasteiger partial charge in [-0.2, -0.15) is 0 Å². The van der Waals surface area contributed by atoms with Crippen LogP contribution < -0.4 is 10.6 Å². The molecule has 0 spiro atoms. The molecule has 0 radical (unpaired) electrons. The van der Waals surface area contributed by atoms with Crippen molar-refractivity contribution in [1.82, 2.24) is 10.6 Å². The molecule has 28 heavy (non-hydrogen) atoms. The molecule has 0 aliphatic rings. The van der Waals surface area contributed by atoms with Crippen molar-refractivity contribution in [2.45, 2.75) is 53.2 Å². The first-order chi connectivity index (χ1) is 13.2. The van der Waals surface area contributed by atoms with Gasteiger partial charge in [0.25, 0.3) is 5.91 Å². The number of rotatable bonds is 7. The van der Waals surface area contributed by atoms with Gasteiger partial charge in [0.05, 0.1) is 11.8 Å². The molecule has 2 rings (SSSR count). The summed E-state index contributed by atoms with van der Waals surface area (Å²) in [5.41, 5.74) is 1.51. The van der Waals surface area contributed by atoms with Crippen molar-refractivity contribution >= 4 is 12.0 Å². The monoisotopic (exact) mass is 386 g/mol. The van der Waals surface area contributed by atoms with E-state index >= 15 is 0 Å². The van der Waals surface area contributed by atoms with Crippen LogP contribution in [0, 0.1) is 5.92 Å². The Hall–Kier alpha value is -2.76. The topological polar surface area (TPSA) is 80.6 Å². The van der Waals surface area contributed by atoms with Gasteiger partial charge in [-0.1, -0.05) is 38.1 Å². The fraction of sp³-hybridized carbons (Fsp3) is 0.455. The van der Waals surface area contributed by atoms with Crippen molar-refractivity contribution in [3.8, 4) is 11.3 Å². The summed E-state index contributed by atoms with van der Waals surface area (Å²) in [4.78, 5) is 24.5. The molecule has 2 N–H and O–H groups in total. The molecule has 1 aromatic heterocycles. The molecule has 2 amide bonds. The molecule has 0 fully saturated rings. The van der Waals surface area contributed by atoms with Gasteiger partial charge in [0, 0.05) is 18.7 Å². The third-order valence-corrected chi connectivity index (χ3v) is 4.00. The van der Waals surface area contributed by atoms with Crippen molar-refractivity contribution < 1.29 is 18.7 Å². The third kappa shape index (κ3) is 6.44. The van der Waals surface area contributed by atoms with Gasteiger partial charge in [-0.25, -0.2) is 4.79 Å². The van der Waals surface area contributed by atoms with Crippen LogP contribution in [0.5, 0.6) is 0 Å². The minimum atomic E-state index is -0.564. The Balaban J connectivity index is 2.14. The predicted molar refractivity (Wildman–Crippen MR) is 109 cm³/mol. The Morgan fingerprint density at radius 2 is 1.82 bits per heavy atom. The van der Waals surface area contributed by atoms with E-state index < -0.39 is 11.7 Å². The summed E-state index contributed by atoms with van der Waals surface area (Å²) in [6, 6.07) is 9.17. The number of hydrogen-bond donors (Lipinski definition) is 2. The maximum atomic E-state index is 12.6. The summed E-state index contributed by atoms with van der Waals surface area (Å²) in [5.74, 6) is 0.840. The summed E-state index contributed by atoms with van der Waals surface area (Å²) >= 11 is 0. The first-order valence-electron chi connectivity index (χ1n) is 9.58. The zero-order valence-electron chi connectivity index (χ0n) is 17.3. The van der Waals surface area contributed by atoms with Crippen LogP contribution in [0.4, 0.5) is 4.79 Å². The Morgan fingerprint density at radius 3 is 2.50 bits per heavy atom. The van der Waals surface area contributed by atoms with Gasteiger partial charge in [-0.05, 0) is 44.7 Å². The van der Waals surface area contributed by atoms with E-state index in [2.05, 4.69) is 24.5 Å². The van der Waals surface area contributed by atoms with E-state index in [0.29, 0.717) is 23.8 Å².